The van der Waals surface area contributed by atoms with Gasteiger partial charge in [-0.05, 0) is 87.4 Å². The highest BCUT2D eigenvalue weighted by Crippen LogP contribution is 2.34. The van der Waals surface area contributed by atoms with Crippen LogP contribution in [0.2, 0.25) is 0 Å². The normalized spacial score (nSPS) is 11.0. The summed E-state index contributed by atoms with van der Waals surface area (Å²) in [5.41, 5.74) is 12.2. The molecule has 0 bridgehead atoms. The van der Waals surface area contributed by atoms with Gasteiger partial charge in [-0.15, -0.1) is 0 Å². The minimum absolute atomic E-state index is 0.00912. The average Bonchev–Trinajstić information content (AvgIpc) is 3.49. The van der Waals surface area contributed by atoms with E-state index in [0.29, 0.717) is 22.3 Å². The molecule has 0 fully saturated rings. The molecule has 7 heteroatoms. The second-order valence-electron chi connectivity index (χ2n) is 10.8. The molecule has 2 heterocycles. The molecule has 0 unspecified atom stereocenters. The number of hydrogen-bond donors (Lipinski definition) is 1. The Labute approximate surface area is 250 Å². The van der Waals surface area contributed by atoms with Crippen molar-refractivity contribution >= 4 is 61.1 Å². The van der Waals surface area contributed by atoms with Crippen molar-refractivity contribution < 1.29 is 14.4 Å². The first-order valence-corrected chi connectivity index (χ1v) is 14.5. The molecule has 0 atom stereocenters. The van der Waals surface area contributed by atoms with Crippen molar-refractivity contribution in [2.75, 3.05) is 0 Å². The summed E-state index contributed by atoms with van der Waals surface area (Å²) in [6, 6.07) is 25.0. The number of aromatic nitrogens is 2. The summed E-state index contributed by atoms with van der Waals surface area (Å²) in [6.45, 7) is 9.10. The quantitative estimate of drug-likeness (QED) is 0.198. The van der Waals surface area contributed by atoms with Crippen molar-refractivity contribution in [2.24, 2.45) is 5.73 Å². The third-order valence-corrected chi connectivity index (χ3v) is 7.87. The number of primary amides is 1. The zero-order valence-corrected chi connectivity index (χ0v) is 24.9. The molecule has 0 spiro atoms. The number of nitrogens with two attached hydrogens (primary N) is 1. The van der Waals surface area contributed by atoms with Crippen LogP contribution in [0.4, 0.5) is 0 Å². The van der Waals surface area contributed by atoms with Gasteiger partial charge in [-0.2, -0.15) is 5.26 Å². The molecule has 7 nitrogen and oxygen atoms in total. The number of fused-ring (bicyclic) bond motifs is 6. The fourth-order valence-corrected chi connectivity index (χ4v) is 5.96. The van der Waals surface area contributed by atoms with Gasteiger partial charge in [-0.1, -0.05) is 26.0 Å². The Hall–Kier alpha value is -5.22. The molecule has 2 N–H and O–H groups in total. The van der Waals surface area contributed by atoms with Crippen molar-refractivity contribution in [3.8, 4) is 6.07 Å². The standard InChI is InChI=1S/C18H18N2O2.C18H16N2O/c1-3-9-20-15-8-7-12(11(2)21)10-14(15)17-13(18(19)22)5-4-6-16(17)20;1-3-9-20-16-8-7-13(12(2)21)10-15(16)18-14(11-19)5-4-6-17(18)20/h4-8,10H,3,9H2,1-2H3,(H2,19,22);4-8,10H,3,9H2,1-2H3. The number of carbonyl (C=O) groups excluding carboxylic acids is 3. The van der Waals surface area contributed by atoms with Crippen LogP contribution in [0.15, 0.2) is 72.8 Å². The van der Waals surface area contributed by atoms with Gasteiger partial charge in [0.2, 0.25) is 5.91 Å². The second kappa shape index (κ2) is 11.9. The van der Waals surface area contributed by atoms with E-state index in [4.69, 9.17) is 5.73 Å². The lowest BCUT2D eigenvalue weighted by Crippen LogP contribution is -2.11. The summed E-state index contributed by atoms with van der Waals surface area (Å²) in [5, 5.41) is 13.1. The van der Waals surface area contributed by atoms with Gasteiger partial charge in [0.05, 0.1) is 17.1 Å². The molecule has 6 rings (SSSR count). The van der Waals surface area contributed by atoms with E-state index in [2.05, 4.69) is 29.1 Å². The number of aryl methyl sites for hydroxylation is 2. The van der Waals surface area contributed by atoms with Crippen LogP contribution in [-0.2, 0) is 13.1 Å². The maximum atomic E-state index is 11.8. The van der Waals surface area contributed by atoms with Crippen LogP contribution in [0.5, 0.6) is 0 Å². The monoisotopic (exact) mass is 570 g/mol. The molecule has 216 valence electrons. The maximum Gasteiger partial charge on any atom is 0.249 e. The Morgan fingerprint density at radius 1 is 0.698 bits per heavy atom. The SMILES string of the molecule is CCCn1c2ccc(C(C)=O)cc2c2c(C#N)cccc21.CCCn1c2ccc(C(C)=O)cc2c2c(C(N)=O)cccc21. The third kappa shape index (κ3) is 5.17. The Morgan fingerprint density at radius 2 is 1.19 bits per heavy atom. The molecular formula is C36H34N4O3. The number of benzene rings is 4. The van der Waals surface area contributed by atoms with Crippen molar-refractivity contribution in [2.45, 2.75) is 53.6 Å². The van der Waals surface area contributed by atoms with Gasteiger partial charge in [0.1, 0.15) is 0 Å². The fraction of sp³-hybridized carbons (Fsp3) is 0.222. The lowest BCUT2D eigenvalue weighted by Gasteiger charge is -2.05. The van der Waals surface area contributed by atoms with E-state index in [1.54, 1.807) is 19.9 Å². The van der Waals surface area contributed by atoms with Crippen LogP contribution in [0.3, 0.4) is 0 Å². The van der Waals surface area contributed by atoms with Gasteiger partial charge in [0.15, 0.2) is 11.6 Å². The van der Waals surface area contributed by atoms with Gasteiger partial charge >= 0.3 is 0 Å². The first-order chi connectivity index (χ1) is 20.7. The van der Waals surface area contributed by atoms with Gasteiger partial charge < -0.3 is 14.9 Å². The van der Waals surface area contributed by atoms with Gasteiger partial charge in [-0.3, -0.25) is 14.4 Å². The molecule has 0 saturated carbocycles. The van der Waals surface area contributed by atoms with Crippen molar-refractivity contribution in [3.05, 3.63) is 95.1 Å². The van der Waals surface area contributed by atoms with Gasteiger partial charge in [0, 0.05) is 67.9 Å². The van der Waals surface area contributed by atoms with Crippen LogP contribution in [0, 0.1) is 11.3 Å². The first kappa shape index (κ1) is 29.3. The van der Waals surface area contributed by atoms with Crippen molar-refractivity contribution in [1.82, 2.24) is 9.13 Å². The smallest absolute Gasteiger partial charge is 0.249 e. The zero-order valence-electron chi connectivity index (χ0n) is 24.9. The van der Waals surface area contributed by atoms with Crippen molar-refractivity contribution in [3.63, 3.8) is 0 Å². The molecule has 2 aromatic heterocycles. The second-order valence-corrected chi connectivity index (χ2v) is 10.8. The van der Waals surface area contributed by atoms with E-state index >= 15 is 0 Å². The van der Waals surface area contributed by atoms with Crippen LogP contribution in [-0.4, -0.2) is 26.6 Å². The molecule has 0 radical (unpaired) electrons. The zero-order chi connectivity index (χ0) is 30.8. The molecule has 0 aliphatic rings. The minimum atomic E-state index is -0.450. The molecule has 0 aliphatic carbocycles. The number of ketones is 2. The Morgan fingerprint density at radius 3 is 1.65 bits per heavy atom. The summed E-state index contributed by atoms with van der Waals surface area (Å²) < 4.78 is 4.41. The number of carbonyl (C=O) groups is 3. The molecule has 43 heavy (non-hydrogen) atoms. The van der Waals surface area contributed by atoms with Gasteiger partial charge in [-0.25, -0.2) is 0 Å². The molecule has 6 aromatic rings. The summed E-state index contributed by atoms with van der Waals surface area (Å²) >= 11 is 0. The lowest BCUT2D eigenvalue weighted by molar-refractivity contribution is 0.0996. The summed E-state index contributed by atoms with van der Waals surface area (Å²) in [4.78, 5) is 35.1. The van der Waals surface area contributed by atoms with Crippen molar-refractivity contribution in [1.29, 1.82) is 5.26 Å². The first-order valence-electron chi connectivity index (χ1n) is 14.5. The maximum absolute atomic E-state index is 11.8. The minimum Gasteiger partial charge on any atom is -0.366 e. The summed E-state index contributed by atoms with van der Waals surface area (Å²) in [6.07, 6.45) is 2.00. The topological polar surface area (TPSA) is 111 Å². The molecule has 1 amide bonds. The predicted octanol–water partition coefficient (Wildman–Crippen LogP) is 7.78. The van der Waals surface area contributed by atoms with E-state index in [0.717, 1.165) is 69.5 Å². The number of rotatable bonds is 7. The number of nitriles is 1. The third-order valence-electron chi connectivity index (χ3n) is 7.87. The number of amides is 1. The number of nitrogens with zero attached hydrogens (tertiary/aromatic N) is 3. The molecular weight excluding hydrogens is 536 g/mol. The molecule has 0 saturated heterocycles. The van der Waals surface area contributed by atoms with E-state index in [1.807, 2.05) is 66.7 Å². The Kier molecular flexibility index (Phi) is 8.13. The van der Waals surface area contributed by atoms with E-state index in [1.165, 1.54) is 0 Å². The van der Waals surface area contributed by atoms with Gasteiger partial charge in [0.25, 0.3) is 0 Å². The summed E-state index contributed by atoms with van der Waals surface area (Å²) in [7, 11) is 0. The van der Waals surface area contributed by atoms with E-state index in [9.17, 15) is 19.6 Å². The van der Waals surface area contributed by atoms with Crippen LogP contribution in [0.1, 0.15) is 77.2 Å². The fourth-order valence-electron chi connectivity index (χ4n) is 5.96. The predicted molar refractivity (Wildman–Crippen MR) is 173 cm³/mol. The largest absolute Gasteiger partial charge is 0.366 e. The van der Waals surface area contributed by atoms with E-state index < -0.39 is 5.91 Å². The van der Waals surface area contributed by atoms with E-state index in [-0.39, 0.29) is 11.6 Å². The Balaban J connectivity index is 0.000000171. The number of Topliss-reactive ketones (excluding diaryl/α,β-unsaturated/α-hetero) is 2. The molecule has 0 aliphatic heterocycles. The number of hydrogen-bond acceptors (Lipinski definition) is 4. The lowest BCUT2D eigenvalue weighted by atomic mass is 10.0. The average molecular weight is 571 g/mol. The highest BCUT2D eigenvalue weighted by atomic mass is 16.1. The van der Waals surface area contributed by atoms with Crippen LogP contribution < -0.4 is 5.73 Å². The highest BCUT2D eigenvalue weighted by molar-refractivity contribution is 6.19. The highest BCUT2D eigenvalue weighted by Gasteiger charge is 2.17. The Bertz CT molecular complexity index is 2110. The summed E-state index contributed by atoms with van der Waals surface area (Å²) in [5.74, 6) is -0.396. The van der Waals surface area contributed by atoms with Crippen LogP contribution >= 0.6 is 0 Å². The van der Waals surface area contributed by atoms with Crippen LogP contribution in [0.25, 0.3) is 43.6 Å². The molecule has 4 aromatic carbocycles.